The number of amides is 1. The number of phenols is 1. The first-order valence-corrected chi connectivity index (χ1v) is 9.03. The number of phenolic OH excluding ortho intramolecular Hbond substituents is 1. The summed E-state index contributed by atoms with van der Waals surface area (Å²) >= 11 is 5.59. The van der Waals surface area contributed by atoms with Crippen molar-refractivity contribution in [2.45, 2.75) is 38.1 Å². The van der Waals surface area contributed by atoms with Gasteiger partial charge in [-0.25, -0.2) is 0 Å². The Morgan fingerprint density at radius 1 is 1.50 bits per heavy atom. The minimum absolute atomic E-state index is 0.106. The molecule has 1 fully saturated rings. The molecule has 1 aliphatic rings. The van der Waals surface area contributed by atoms with Crippen LogP contribution in [0.4, 0.5) is 0 Å². The lowest BCUT2D eigenvalue weighted by Gasteiger charge is -2.39. The second-order valence-corrected chi connectivity index (χ2v) is 7.44. The van der Waals surface area contributed by atoms with Gasteiger partial charge in [0.25, 0.3) is 5.91 Å². The number of benzene rings is 1. The van der Waals surface area contributed by atoms with Crippen molar-refractivity contribution in [2.75, 3.05) is 5.33 Å². The van der Waals surface area contributed by atoms with Crippen molar-refractivity contribution in [3.8, 4) is 5.75 Å². The first kappa shape index (κ1) is 16.1. The quantitative estimate of drug-likeness (QED) is 0.537. The molecular weight excluding hydrogens is 433 g/mol. The van der Waals surface area contributed by atoms with Crippen LogP contribution in [0.2, 0.25) is 0 Å². The first-order valence-electron chi connectivity index (χ1n) is 6.83. The average molecular weight is 452 g/mol. The van der Waals surface area contributed by atoms with Gasteiger partial charge in [0, 0.05) is 10.9 Å². The average Bonchev–Trinajstić information content (AvgIpc) is 2.44. The second kappa shape index (κ2) is 6.64. The monoisotopic (exact) mass is 451 g/mol. The zero-order valence-corrected chi connectivity index (χ0v) is 15.2. The summed E-state index contributed by atoms with van der Waals surface area (Å²) in [6.45, 7) is 2.26. The fourth-order valence-corrected chi connectivity index (χ4v) is 3.61. The highest BCUT2D eigenvalue weighted by molar-refractivity contribution is 14.1. The smallest absolute Gasteiger partial charge is 0.251 e. The van der Waals surface area contributed by atoms with Crippen molar-refractivity contribution in [2.24, 2.45) is 5.92 Å². The highest BCUT2D eigenvalue weighted by Crippen LogP contribution is 2.33. The minimum Gasteiger partial charge on any atom is -0.507 e. The van der Waals surface area contributed by atoms with Gasteiger partial charge < -0.3 is 10.4 Å². The summed E-state index contributed by atoms with van der Waals surface area (Å²) in [5, 5.41) is 13.7. The number of hydrogen-bond acceptors (Lipinski definition) is 2. The molecule has 1 aliphatic carbocycles. The fraction of sp³-hybridized carbons (Fsp3) is 0.533. The Hall–Kier alpha value is -0.300. The predicted octanol–water partition coefficient (Wildman–Crippen LogP) is 4.07. The third kappa shape index (κ3) is 3.67. The third-order valence-corrected chi connectivity index (χ3v) is 6.06. The number of nitrogens with one attached hydrogen (secondary N) is 1. The molecule has 2 rings (SSSR count). The minimum atomic E-state index is -0.151. The van der Waals surface area contributed by atoms with E-state index in [-0.39, 0.29) is 17.2 Å². The van der Waals surface area contributed by atoms with E-state index in [9.17, 15) is 9.90 Å². The standard InChI is InChI=1S/C15H19BrINO2/c1-10-4-6-15(9-16,7-5-10)18-14(20)11-2-3-12(17)13(19)8-11/h2-3,8,10,19H,4-7,9H2,1H3,(H,18,20). The molecule has 1 aromatic carbocycles. The van der Waals surface area contributed by atoms with Crippen molar-refractivity contribution >= 4 is 44.4 Å². The van der Waals surface area contributed by atoms with Gasteiger partial charge in [0.2, 0.25) is 0 Å². The number of halogens is 2. The fourth-order valence-electron chi connectivity index (χ4n) is 2.57. The van der Waals surface area contributed by atoms with E-state index in [0.717, 1.165) is 40.5 Å². The Labute approximate surface area is 141 Å². The zero-order valence-electron chi connectivity index (χ0n) is 11.5. The number of hydrogen-bond donors (Lipinski definition) is 2. The summed E-state index contributed by atoms with van der Waals surface area (Å²) < 4.78 is 0.751. The lowest BCUT2D eigenvalue weighted by Crippen LogP contribution is -2.52. The largest absolute Gasteiger partial charge is 0.507 e. The Balaban J connectivity index is 2.11. The van der Waals surface area contributed by atoms with Gasteiger partial charge in [-0.3, -0.25) is 4.79 Å². The van der Waals surface area contributed by atoms with Crippen molar-refractivity contribution < 1.29 is 9.90 Å². The van der Waals surface area contributed by atoms with Crippen LogP contribution in [0.15, 0.2) is 18.2 Å². The Bertz CT molecular complexity index is 499. The molecule has 0 bridgehead atoms. The summed E-state index contributed by atoms with van der Waals surface area (Å²) in [6, 6.07) is 5.04. The molecule has 0 atom stereocenters. The highest BCUT2D eigenvalue weighted by Gasteiger charge is 2.34. The van der Waals surface area contributed by atoms with Gasteiger partial charge in [-0.15, -0.1) is 0 Å². The summed E-state index contributed by atoms with van der Waals surface area (Å²) in [7, 11) is 0. The Morgan fingerprint density at radius 3 is 2.70 bits per heavy atom. The maximum atomic E-state index is 12.4. The molecule has 0 aliphatic heterocycles. The van der Waals surface area contributed by atoms with Crippen molar-refractivity contribution in [1.82, 2.24) is 5.32 Å². The van der Waals surface area contributed by atoms with Crippen LogP contribution >= 0.6 is 38.5 Å². The van der Waals surface area contributed by atoms with Crippen LogP contribution in [0.1, 0.15) is 43.0 Å². The van der Waals surface area contributed by atoms with E-state index >= 15 is 0 Å². The predicted molar refractivity (Wildman–Crippen MR) is 92.4 cm³/mol. The van der Waals surface area contributed by atoms with E-state index in [4.69, 9.17) is 0 Å². The molecular formula is C15H19BrINO2. The summed E-state index contributed by atoms with van der Waals surface area (Å²) in [4.78, 5) is 12.4. The molecule has 1 amide bonds. The SMILES string of the molecule is CC1CCC(CBr)(NC(=O)c2ccc(I)c(O)c2)CC1. The molecule has 0 radical (unpaired) electrons. The molecule has 0 aromatic heterocycles. The number of carbonyl (C=O) groups is 1. The summed E-state index contributed by atoms with van der Waals surface area (Å²) in [5.41, 5.74) is 0.365. The molecule has 0 heterocycles. The van der Waals surface area contributed by atoms with Crippen molar-refractivity contribution in [3.63, 3.8) is 0 Å². The van der Waals surface area contributed by atoms with Crippen LogP contribution in [0, 0.1) is 9.49 Å². The maximum Gasteiger partial charge on any atom is 0.251 e. The van der Waals surface area contributed by atoms with Crippen LogP contribution in [0.25, 0.3) is 0 Å². The molecule has 3 nitrogen and oxygen atoms in total. The molecule has 20 heavy (non-hydrogen) atoms. The van der Waals surface area contributed by atoms with E-state index in [2.05, 4.69) is 28.2 Å². The normalized spacial score (nSPS) is 26.2. The van der Waals surface area contributed by atoms with E-state index in [1.165, 1.54) is 6.07 Å². The molecule has 5 heteroatoms. The van der Waals surface area contributed by atoms with Crippen molar-refractivity contribution in [1.29, 1.82) is 0 Å². The second-order valence-electron chi connectivity index (χ2n) is 5.72. The zero-order chi connectivity index (χ0) is 14.8. The number of carbonyl (C=O) groups excluding carboxylic acids is 1. The Kier molecular flexibility index (Phi) is 5.34. The van der Waals surface area contributed by atoms with Crippen LogP contribution in [-0.4, -0.2) is 21.9 Å². The lowest BCUT2D eigenvalue weighted by molar-refractivity contribution is 0.0874. The number of aromatic hydroxyl groups is 1. The molecule has 1 aromatic rings. The molecule has 110 valence electrons. The lowest BCUT2D eigenvalue weighted by atomic mass is 9.78. The van der Waals surface area contributed by atoms with Gasteiger partial charge in [-0.2, -0.15) is 0 Å². The first-order chi connectivity index (χ1) is 9.46. The van der Waals surface area contributed by atoms with Gasteiger partial charge in [0.15, 0.2) is 0 Å². The molecule has 2 N–H and O–H groups in total. The topological polar surface area (TPSA) is 49.3 Å². The van der Waals surface area contributed by atoms with Crippen LogP contribution < -0.4 is 5.32 Å². The maximum absolute atomic E-state index is 12.4. The summed E-state index contributed by atoms with van der Waals surface area (Å²) in [5.74, 6) is 0.788. The third-order valence-electron chi connectivity index (χ3n) is 4.07. The number of alkyl halides is 1. The summed E-state index contributed by atoms with van der Waals surface area (Å²) in [6.07, 6.45) is 4.29. The van der Waals surface area contributed by atoms with E-state index in [0.29, 0.717) is 5.56 Å². The van der Waals surface area contributed by atoms with Gasteiger partial charge in [0.05, 0.1) is 9.11 Å². The molecule has 0 spiro atoms. The van der Waals surface area contributed by atoms with Gasteiger partial charge in [-0.05, 0) is 72.4 Å². The molecule has 0 saturated heterocycles. The van der Waals surface area contributed by atoms with E-state index in [1.807, 2.05) is 22.6 Å². The number of rotatable bonds is 3. The highest BCUT2D eigenvalue weighted by atomic mass is 127. The van der Waals surface area contributed by atoms with Crippen LogP contribution in [0.3, 0.4) is 0 Å². The van der Waals surface area contributed by atoms with E-state index in [1.54, 1.807) is 12.1 Å². The molecule has 0 unspecified atom stereocenters. The van der Waals surface area contributed by atoms with E-state index < -0.39 is 0 Å². The van der Waals surface area contributed by atoms with Crippen LogP contribution in [0.5, 0.6) is 5.75 Å². The Morgan fingerprint density at radius 2 is 2.15 bits per heavy atom. The van der Waals surface area contributed by atoms with Gasteiger partial charge >= 0.3 is 0 Å². The van der Waals surface area contributed by atoms with Crippen LogP contribution in [-0.2, 0) is 0 Å². The molecule has 1 saturated carbocycles. The van der Waals surface area contributed by atoms with Gasteiger partial charge in [0.1, 0.15) is 5.75 Å². The van der Waals surface area contributed by atoms with Gasteiger partial charge in [-0.1, -0.05) is 22.9 Å². The van der Waals surface area contributed by atoms with Crippen molar-refractivity contribution in [3.05, 3.63) is 27.3 Å².